The summed E-state index contributed by atoms with van der Waals surface area (Å²) in [5.74, 6) is -4.09. The van der Waals surface area contributed by atoms with Crippen molar-refractivity contribution in [1.29, 1.82) is 0 Å². The first-order valence-electron chi connectivity index (χ1n) is 8.24. The van der Waals surface area contributed by atoms with Gasteiger partial charge in [0.2, 0.25) is 0 Å². The zero-order valence-corrected chi connectivity index (χ0v) is 13.8. The summed E-state index contributed by atoms with van der Waals surface area (Å²) in [6.45, 7) is 2.22. The summed E-state index contributed by atoms with van der Waals surface area (Å²) < 4.78 is 4.98. The molecule has 0 fully saturated rings. The molecule has 0 aromatic heterocycles. The lowest BCUT2D eigenvalue weighted by Gasteiger charge is -2.07. The van der Waals surface area contributed by atoms with Crippen LogP contribution in [0.5, 0.6) is 0 Å². The number of carboxylic acid groups (broad SMARTS) is 2. The Kier molecular flexibility index (Phi) is 12.7. The lowest BCUT2D eigenvalue weighted by Crippen LogP contribution is -2.23. The molecular weight excluding hydrogens is 300 g/mol. The Morgan fingerprint density at radius 2 is 1.35 bits per heavy atom. The molecule has 132 valence electrons. The van der Waals surface area contributed by atoms with Crippen molar-refractivity contribution in [1.82, 2.24) is 0 Å². The second kappa shape index (κ2) is 13.8. The van der Waals surface area contributed by atoms with Gasteiger partial charge < -0.3 is 14.9 Å². The van der Waals surface area contributed by atoms with Gasteiger partial charge in [0.25, 0.3) is 0 Å². The van der Waals surface area contributed by atoms with E-state index in [-0.39, 0.29) is 12.4 Å². The van der Waals surface area contributed by atoms with Crippen molar-refractivity contribution in [2.45, 2.75) is 64.7 Å². The fraction of sp³-hybridized carbons (Fsp3) is 0.706. The minimum atomic E-state index is -1.28. The van der Waals surface area contributed by atoms with Crippen LogP contribution in [0.3, 0.4) is 0 Å². The van der Waals surface area contributed by atoms with Gasteiger partial charge in [0.05, 0.1) is 6.61 Å². The van der Waals surface area contributed by atoms with E-state index in [0.717, 1.165) is 44.9 Å². The molecule has 0 bridgehead atoms. The molecule has 0 amide bonds. The van der Waals surface area contributed by atoms with E-state index in [1.807, 2.05) is 0 Å². The maximum Gasteiger partial charge on any atom is 0.330 e. The van der Waals surface area contributed by atoms with Gasteiger partial charge in [0.1, 0.15) is 0 Å². The monoisotopic (exact) mass is 328 g/mol. The van der Waals surface area contributed by atoms with E-state index in [1.165, 1.54) is 6.08 Å². The highest BCUT2D eigenvalue weighted by atomic mass is 16.5. The predicted molar refractivity (Wildman–Crippen MR) is 86.1 cm³/mol. The van der Waals surface area contributed by atoms with Crippen LogP contribution in [0, 0.1) is 5.92 Å². The maximum atomic E-state index is 11.0. The summed E-state index contributed by atoms with van der Waals surface area (Å²) in [6, 6.07) is 0. The molecule has 2 N–H and O–H groups in total. The summed E-state index contributed by atoms with van der Waals surface area (Å²) in [7, 11) is 0. The quantitative estimate of drug-likeness (QED) is 0.219. The van der Waals surface area contributed by atoms with E-state index in [9.17, 15) is 14.4 Å². The summed E-state index contributed by atoms with van der Waals surface area (Å²) in [5, 5.41) is 17.5. The summed E-state index contributed by atoms with van der Waals surface area (Å²) in [5.41, 5.74) is 0. The number of carbonyl (C=O) groups excluding carboxylic acids is 1. The molecule has 0 rings (SSSR count). The second-order valence-electron chi connectivity index (χ2n) is 5.51. The van der Waals surface area contributed by atoms with Crippen LogP contribution in [0.1, 0.15) is 64.7 Å². The molecule has 6 heteroatoms. The molecule has 23 heavy (non-hydrogen) atoms. The van der Waals surface area contributed by atoms with Crippen LogP contribution in [-0.4, -0.2) is 34.7 Å². The third kappa shape index (κ3) is 12.4. The average Bonchev–Trinajstić information content (AvgIpc) is 2.47. The second-order valence-corrected chi connectivity index (χ2v) is 5.51. The lowest BCUT2D eigenvalue weighted by molar-refractivity contribution is -0.154. The number of allylic oxidation sites excluding steroid dienone is 1. The molecule has 0 atom stereocenters. The topological polar surface area (TPSA) is 101 Å². The van der Waals surface area contributed by atoms with Crippen LogP contribution >= 0.6 is 0 Å². The number of hydrogen-bond acceptors (Lipinski definition) is 4. The minimum Gasteiger partial charge on any atom is -0.481 e. The van der Waals surface area contributed by atoms with Crippen LogP contribution in [-0.2, 0) is 19.1 Å². The van der Waals surface area contributed by atoms with Gasteiger partial charge in [-0.1, -0.05) is 51.0 Å². The van der Waals surface area contributed by atoms with E-state index < -0.39 is 17.9 Å². The first-order chi connectivity index (χ1) is 11.0. The van der Waals surface area contributed by atoms with Crippen molar-refractivity contribution in [2.24, 2.45) is 5.92 Å². The van der Waals surface area contributed by atoms with Gasteiger partial charge >= 0.3 is 17.9 Å². The summed E-state index contributed by atoms with van der Waals surface area (Å²) in [6.07, 6.45) is 10.8. The molecule has 6 nitrogen and oxygen atoms in total. The Balaban J connectivity index is 3.38. The van der Waals surface area contributed by atoms with E-state index in [2.05, 4.69) is 0 Å². The van der Waals surface area contributed by atoms with Gasteiger partial charge in [-0.25, -0.2) is 4.79 Å². The van der Waals surface area contributed by atoms with Gasteiger partial charge in [0, 0.05) is 6.08 Å². The van der Waals surface area contributed by atoms with Crippen molar-refractivity contribution in [3.05, 3.63) is 12.2 Å². The molecular formula is C17H28O6. The van der Waals surface area contributed by atoms with Gasteiger partial charge in [-0.3, -0.25) is 9.59 Å². The third-order valence-corrected chi connectivity index (χ3v) is 3.53. The lowest BCUT2D eigenvalue weighted by atomic mass is 10.0. The van der Waals surface area contributed by atoms with Gasteiger partial charge in [-0.15, -0.1) is 0 Å². The van der Waals surface area contributed by atoms with E-state index in [1.54, 1.807) is 13.0 Å². The highest BCUT2D eigenvalue weighted by Crippen LogP contribution is 2.14. The van der Waals surface area contributed by atoms with Crippen molar-refractivity contribution in [3.8, 4) is 0 Å². The molecule has 0 saturated heterocycles. The smallest absolute Gasteiger partial charge is 0.330 e. The molecule has 0 aromatic carbocycles. The number of esters is 1. The summed E-state index contributed by atoms with van der Waals surface area (Å²) in [4.78, 5) is 32.4. The van der Waals surface area contributed by atoms with Crippen LogP contribution < -0.4 is 0 Å². The highest BCUT2D eigenvalue weighted by Gasteiger charge is 2.24. The van der Waals surface area contributed by atoms with Crippen molar-refractivity contribution in [3.63, 3.8) is 0 Å². The van der Waals surface area contributed by atoms with Gasteiger partial charge in [-0.2, -0.15) is 0 Å². The summed E-state index contributed by atoms with van der Waals surface area (Å²) >= 11 is 0. The van der Waals surface area contributed by atoms with Crippen LogP contribution in [0.15, 0.2) is 12.2 Å². The van der Waals surface area contributed by atoms with Crippen molar-refractivity contribution >= 4 is 17.9 Å². The number of hydrogen-bond donors (Lipinski definition) is 2. The minimum absolute atomic E-state index is 0.197. The molecule has 0 heterocycles. The molecule has 0 aliphatic rings. The predicted octanol–water partition coefficient (Wildman–Crippen LogP) is 3.40. The zero-order chi connectivity index (χ0) is 17.5. The highest BCUT2D eigenvalue weighted by molar-refractivity contribution is 5.92. The Bertz CT molecular complexity index is 375. The van der Waals surface area contributed by atoms with E-state index in [4.69, 9.17) is 14.9 Å². The molecule has 0 saturated carbocycles. The normalized spacial score (nSPS) is 11.0. The first kappa shape index (κ1) is 21.1. The first-order valence-corrected chi connectivity index (χ1v) is 8.24. The Morgan fingerprint density at radius 1 is 0.870 bits per heavy atom. The number of ether oxygens (including phenoxy) is 1. The molecule has 0 radical (unpaired) electrons. The number of rotatable bonds is 14. The van der Waals surface area contributed by atoms with Crippen LogP contribution in [0.2, 0.25) is 0 Å². The average molecular weight is 328 g/mol. The largest absolute Gasteiger partial charge is 0.481 e. The number of unbranched alkanes of at least 4 members (excludes halogenated alkanes) is 7. The van der Waals surface area contributed by atoms with Gasteiger partial charge in [0.15, 0.2) is 5.92 Å². The Morgan fingerprint density at radius 3 is 1.83 bits per heavy atom. The van der Waals surface area contributed by atoms with Gasteiger partial charge in [-0.05, 0) is 19.8 Å². The SMILES string of the molecule is CC=CC(=O)OCCCCCCCCCCC(C(=O)O)C(=O)O. The van der Waals surface area contributed by atoms with Crippen molar-refractivity contribution < 1.29 is 29.3 Å². The number of aliphatic carboxylic acids is 2. The van der Waals surface area contributed by atoms with Crippen molar-refractivity contribution in [2.75, 3.05) is 6.61 Å². The molecule has 0 aromatic rings. The fourth-order valence-electron chi connectivity index (χ4n) is 2.22. The van der Waals surface area contributed by atoms with Crippen LogP contribution in [0.25, 0.3) is 0 Å². The Labute approximate surface area is 137 Å². The van der Waals surface area contributed by atoms with E-state index in [0.29, 0.717) is 13.0 Å². The van der Waals surface area contributed by atoms with Crippen LogP contribution in [0.4, 0.5) is 0 Å². The standard InChI is InChI=1S/C17H28O6/c1-2-11-15(18)23-13-10-8-6-4-3-5-7-9-12-14(16(19)20)17(21)22/h2,11,14H,3-10,12-13H2,1H3,(H,19,20)(H,21,22). The number of carbonyl (C=O) groups is 3. The maximum absolute atomic E-state index is 11.0. The number of carboxylic acids is 2. The molecule has 0 spiro atoms. The molecule has 0 aliphatic carbocycles. The zero-order valence-electron chi connectivity index (χ0n) is 13.8. The molecule has 0 unspecified atom stereocenters. The third-order valence-electron chi connectivity index (χ3n) is 3.53. The fourth-order valence-corrected chi connectivity index (χ4v) is 2.22. The van der Waals surface area contributed by atoms with E-state index >= 15 is 0 Å². The molecule has 0 aliphatic heterocycles. The Hall–Kier alpha value is -1.85.